The predicted octanol–water partition coefficient (Wildman–Crippen LogP) is 3.73. The third kappa shape index (κ3) is 3.26. The molecule has 0 unspecified atom stereocenters. The van der Waals surface area contributed by atoms with Gasteiger partial charge in [0.1, 0.15) is 11.6 Å². The number of carbonyl (C=O) groups is 1. The molecule has 6 nitrogen and oxygen atoms in total. The second-order valence-electron chi connectivity index (χ2n) is 5.37. The fourth-order valence-electron chi connectivity index (χ4n) is 2.49. The molecular weight excluding hydrogens is 316 g/mol. The highest BCUT2D eigenvalue weighted by Gasteiger charge is 2.18. The molecule has 6 heteroatoms. The fraction of sp³-hybridized carbons (Fsp3) is 0.158. The summed E-state index contributed by atoms with van der Waals surface area (Å²) in [6.45, 7) is 3.88. The molecule has 25 heavy (non-hydrogen) atoms. The predicted molar refractivity (Wildman–Crippen MR) is 94.7 cm³/mol. The van der Waals surface area contributed by atoms with Gasteiger partial charge in [-0.1, -0.05) is 12.1 Å². The molecule has 2 aromatic heterocycles. The standard InChI is InChI=1S/C19H16N4O2/c1-3-25-19(24)15-11-21-18-14(9-8-12(2)22-18)17(15)23-16-7-5-4-6-13(16)10-20/h4-9,11H,3H2,1-2H3,(H,21,22,23). The van der Waals surface area contributed by atoms with E-state index in [1.54, 1.807) is 25.1 Å². The van der Waals surface area contributed by atoms with Gasteiger partial charge in [0.2, 0.25) is 0 Å². The Kier molecular flexibility index (Phi) is 4.57. The largest absolute Gasteiger partial charge is 0.462 e. The molecule has 0 radical (unpaired) electrons. The molecule has 1 N–H and O–H groups in total. The van der Waals surface area contributed by atoms with E-state index >= 15 is 0 Å². The van der Waals surface area contributed by atoms with Crippen LogP contribution in [0, 0.1) is 18.3 Å². The first-order valence-corrected chi connectivity index (χ1v) is 7.83. The number of nitrogens with zero attached hydrogens (tertiary/aromatic N) is 3. The van der Waals surface area contributed by atoms with Crippen LogP contribution in [-0.2, 0) is 4.74 Å². The number of benzene rings is 1. The second-order valence-corrected chi connectivity index (χ2v) is 5.37. The summed E-state index contributed by atoms with van der Waals surface area (Å²) in [6.07, 6.45) is 1.45. The van der Waals surface area contributed by atoms with Crippen LogP contribution in [0.4, 0.5) is 11.4 Å². The highest BCUT2D eigenvalue weighted by molar-refractivity contribution is 6.05. The first-order valence-electron chi connectivity index (χ1n) is 7.83. The van der Waals surface area contributed by atoms with E-state index in [1.165, 1.54) is 6.20 Å². The Morgan fingerprint density at radius 2 is 2.08 bits per heavy atom. The van der Waals surface area contributed by atoms with Crippen LogP contribution in [0.3, 0.4) is 0 Å². The van der Waals surface area contributed by atoms with Crippen molar-refractivity contribution in [3.8, 4) is 6.07 Å². The Labute approximate surface area is 145 Å². The average molecular weight is 332 g/mol. The van der Waals surface area contributed by atoms with Crippen LogP contribution in [0.15, 0.2) is 42.6 Å². The summed E-state index contributed by atoms with van der Waals surface area (Å²) >= 11 is 0. The monoisotopic (exact) mass is 332 g/mol. The summed E-state index contributed by atoms with van der Waals surface area (Å²) in [5.41, 5.74) is 3.25. The Morgan fingerprint density at radius 1 is 1.28 bits per heavy atom. The van der Waals surface area contributed by atoms with Gasteiger partial charge in [-0.15, -0.1) is 0 Å². The summed E-state index contributed by atoms with van der Waals surface area (Å²) in [4.78, 5) is 21.0. The zero-order valence-electron chi connectivity index (χ0n) is 13.9. The highest BCUT2D eigenvalue weighted by Crippen LogP contribution is 2.30. The Bertz CT molecular complexity index is 992. The van der Waals surface area contributed by atoms with E-state index in [2.05, 4.69) is 21.4 Å². The molecule has 0 saturated heterocycles. The molecule has 0 fully saturated rings. The van der Waals surface area contributed by atoms with Gasteiger partial charge in [-0.05, 0) is 38.1 Å². The first-order chi connectivity index (χ1) is 12.1. The molecule has 0 aliphatic heterocycles. The van der Waals surface area contributed by atoms with Crippen LogP contribution in [-0.4, -0.2) is 22.5 Å². The molecule has 0 spiro atoms. The number of nitrogens with one attached hydrogen (secondary N) is 1. The van der Waals surface area contributed by atoms with Crippen molar-refractivity contribution in [3.05, 3.63) is 59.4 Å². The normalized spacial score (nSPS) is 10.3. The van der Waals surface area contributed by atoms with E-state index in [1.807, 2.05) is 25.1 Å². The number of aromatic nitrogens is 2. The van der Waals surface area contributed by atoms with Gasteiger partial charge >= 0.3 is 5.97 Å². The molecular formula is C19H16N4O2. The molecule has 2 heterocycles. The van der Waals surface area contributed by atoms with Gasteiger partial charge < -0.3 is 10.1 Å². The summed E-state index contributed by atoms with van der Waals surface area (Å²) in [5.74, 6) is -0.477. The molecule has 124 valence electrons. The average Bonchev–Trinajstić information content (AvgIpc) is 2.62. The molecule has 0 aliphatic carbocycles. The molecule has 1 aromatic carbocycles. The van der Waals surface area contributed by atoms with E-state index < -0.39 is 5.97 Å². The van der Waals surface area contributed by atoms with Gasteiger partial charge in [-0.25, -0.2) is 14.8 Å². The lowest BCUT2D eigenvalue weighted by atomic mass is 10.1. The van der Waals surface area contributed by atoms with Gasteiger partial charge in [0.25, 0.3) is 0 Å². The Hall–Kier alpha value is -3.46. The van der Waals surface area contributed by atoms with Crippen molar-refractivity contribution < 1.29 is 9.53 Å². The van der Waals surface area contributed by atoms with Crippen LogP contribution in [0.5, 0.6) is 0 Å². The third-order valence-corrected chi connectivity index (χ3v) is 3.67. The van der Waals surface area contributed by atoms with Crippen molar-refractivity contribution in [1.82, 2.24) is 9.97 Å². The van der Waals surface area contributed by atoms with Crippen LogP contribution in [0.1, 0.15) is 28.5 Å². The molecule has 0 aliphatic rings. The summed E-state index contributed by atoms with van der Waals surface area (Å²) < 4.78 is 5.13. The number of esters is 1. The summed E-state index contributed by atoms with van der Waals surface area (Å²) in [7, 11) is 0. The van der Waals surface area contributed by atoms with Crippen LogP contribution < -0.4 is 5.32 Å². The van der Waals surface area contributed by atoms with Crippen LogP contribution in [0.2, 0.25) is 0 Å². The summed E-state index contributed by atoms with van der Waals surface area (Å²) in [5, 5.41) is 13.2. The maximum absolute atomic E-state index is 12.3. The van der Waals surface area contributed by atoms with Crippen molar-refractivity contribution in [2.45, 2.75) is 13.8 Å². The fourth-order valence-corrected chi connectivity index (χ4v) is 2.49. The minimum absolute atomic E-state index is 0.261. The van der Waals surface area contributed by atoms with Gasteiger partial charge in [0.15, 0.2) is 5.65 Å². The van der Waals surface area contributed by atoms with E-state index in [-0.39, 0.29) is 6.61 Å². The number of ether oxygens (including phenoxy) is 1. The van der Waals surface area contributed by atoms with Gasteiger partial charge in [-0.2, -0.15) is 5.26 Å². The Morgan fingerprint density at radius 3 is 2.84 bits per heavy atom. The minimum Gasteiger partial charge on any atom is -0.462 e. The number of hydrogen-bond donors (Lipinski definition) is 1. The van der Waals surface area contributed by atoms with Gasteiger partial charge in [-0.3, -0.25) is 0 Å². The van der Waals surface area contributed by atoms with Crippen molar-refractivity contribution in [2.75, 3.05) is 11.9 Å². The third-order valence-electron chi connectivity index (χ3n) is 3.67. The first kappa shape index (κ1) is 16.4. The maximum Gasteiger partial charge on any atom is 0.341 e. The highest BCUT2D eigenvalue weighted by atomic mass is 16.5. The molecule has 0 atom stereocenters. The van der Waals surface area contributed by atoms with Crippen LogP contribution >= 0.6 is 0 Å². The zero-order valence-corrected chi connectivity index (χ0v) is 13.9. The van der Waals surface area contributed by atoms with Crippen molar-refractivity contribution >= 4 is 28.4 Å². The van der Waals surface area contributed by atoms with Crippen molar-refractivity contribution in [3.63, 3.8) is 0 Å². The zero-order chi connectivity index (χ0) is 17.8. The summed E-state index contributed by atoms with van der Waals surface area (Å²) in [6, 6.07) is 12.9. The number of fused-ring (bicyclic) bond motifs is 1. The van der Waals surface area contributed by atoms with E-state index in [9.17, 15) is 10.1 Å². The lowest BCUT2D eigenvalue weighted by Gasteiger charge is -2.14. The number of carbonyl (C=O) groups excluding carboxylic acids is 1. The van der Waals surface area contributed by atoms with Gasteiger partial charge in [0.05, 0.1) is 23.5 Å². The topological polar surface area (TPSA) is 87.9 Å². The minimum atomic E-state index is -0.477. The van der Waals surface area contributed by atoms with Gasteiger partial charge in [0, 0.05) is 17.3 Å². The van der Waals surface area contributed by atoms with Crippen molar-refractivity contribution in [2.24, 2.45) is 0 Å². The van der Waals surface area contributed by atoms with E-state index in [0.29, 0.717) is 33.5 Å². The second kappa shape index (κ2) is 6.97. The van der Waals surface area contributed by atoms with E-state index in [4.69, 9.17) is 4.74 Å². The molecule has 0 saturated carbocycles. The molecule has 3 aromatic rings. The molecule has 3 rings (SSSR count). The number of pyridine rings is 2. The molecule has 0 bridgehead atoms. The molecule has 0 amide bonds. The Balaban J connectivity index is 2.20. The SMILES string of the molecule is CCOC(=O)c1cnc2nc(C)ccc2c1Nc1ccccc1C#N. The number of para-hydroxylation sites is 1. The number of nitriles is 1. The van der Waals surface area contributed by atoms with Crippen molar-refractivity contribution in [1.29, 1.82) is 5.26 Å². The number of rotatable bonds is 4. The quantitative estimate of drug-likeness (QED) is 0.732. The van der Waals surface area contributed by atoms with E-state index in [0.717, 1.165) is 5.69 Å². The number of aryl methyl sites for hydroxylation is 1. The smallest absolute Gasteiger partial charge is 0.341 e. The van der Waals surface area contributed by atoms with Crippen LogP contribution in [0.25, 0.3) is 11.0 Å². The number of anilines is 2. The maximum atomic E-state index is 12.3. The lowest BCUT2D eigenvalue weighted by molar-refractivity contribution is 0.0527. The number of hydrogen-bond acceptors (Lipinski definition) is 6. The lowest BCUT2D eigenvalue weighted by Crippen LogP contribution is -2.10.